The van der Waals surface area contributed by atoms with Crippen LogP contribution >= 0.6 is 11.3 Å². The molecule has 1 N–H and O–H groups in total. The van der Waals surface area contributed by atoms with E-state index in [2.05, 4.69) is 15.3 Å². The molecular weight excluding hydrogens is 262 g/mol. The first-order chi connectivity index (χ1) is 9.20. The standard InChI is InChI=1S/C13H19N3O2S/c1-9-13(19-10(2)16-9)11-8-15-12(18-11)4-5-14-6-7-17-3/h8,14H,4-7H2,1-3H3. The van der Waals surface area contributed by atoms with Crippen LogP contribution < -0.4 is 5.32 Å². The molecule has 0 fully saturated rings. The zero-order valence-electron chi connectivity index (χ0n) is 11.5. The van der Waals surface area contributed by atoms with E-state index in [0.29, 0.717) is 0 Å². The number of aryl methyl sites for hydroxylation is 2. The van der Waals surface area contributed by atoms with E-state index in [1.165, 1.54) is 0 Å². The van der Waals surface area contributed by atoms with Crippen molar-refractivity contribution in [1.82, 2.24) is 15.3 Å². The second-order valence-corrected chi connectivity index (χ2v) is 5.46. The van der Waals surface area contributed by atoms with Crippen molar-refractivity contribution in [1.29, 1.82) is 0 Å². The molecule has 2 rings (SSSR count). The van der Waals surface area contributed by atoms with E-state index in [1.807, 2.05) is 13.8 Å². The van der Waals surface area contributed by atoms with Gasteiger partial charge in [-0.2, -0.15) is 0 Å². The van der Waals surface area contributed by atoms with E-state index in [0.717, 1.165) is 53.3 Å². The Bertz CT molecular complexity index is 522. The summed E-state index contributed by atoms with van der Waals surface area (Å²) in [6, 6.07) is 0. The Morgan fingerprint density at radius 3 is 2.89 bits per heavy atom. The number of aromatic nitrogens is 2. The summed E-state index contributed by atoms with van der Waals surface area (Å²) in [5, 5.41) is 4.31. The van der Waals surface area contributed by atoms with E-state index < -0.39 is 0 Å². The quantitative estimate of drug-likeness (QED) is 0.788. The van der Waals surface area contributed by atoms with Crippen molar-refractivity contribution < 1.29 is 9.15 Å². The summed E-state index contributed by atoms with van der Waals surface area (Å²) in [6.07, 6.45) is 2.56. The van der Waals surface area contributed by atoms with Crippen LogP contribution in [0.2, 0.25) is 0 Å². The van der Waals surface area contributed by atoms with Crippen LogP contribution in [0.4, 0.5) is 0 Å². The monoisotopic (exact) mass is 281 g/mol. The Balaban J connectivity index is 1.90. The van der Waals surface area contributed by atoms with Crippen LogP contribution in [0.3, 0.4) is 0 Å². The molecule has 0 saturated carbocycles. The number of rotatable bonds is 7. The summed E-state index contributed by atoms with van der Waals surface area (Å²) >= 11 is 1.64. The maximum atomic E-state index is 5.76. The second-order valence-electron chi connectivity index (χ2n) is 4.26. The molecule has 6 heteroatoms. The van der Waals surface area contributed by atoms with Crippen LogP contribution in [0.5, 0.6) is 0 Å². The lowest BCUT2D eigenvalue weighted by Gasteiger charge is -2.01. The summed E-state index contributed by atoms with van der Waals surface area (Å²) in [5.41, 5.74) is 1.00. The van der Waals surface area contributed by atoms with Gasteiger partial charge in [-0.25, -0.2) is 9.97 Å². The topological polar surface area (TPSA) is 60.2 Å². The maximum absolute atomic E-state index is 5.76. The molecule has 0 unspecified atom stereocenters. The van der Waals surface area contributed by atoms with E-state index in [1.54, 1.807) is 24.6 Å². The van der Waals surface area contributed by atoms with Crippen molar-refractivity contribution in [2.45, 2.75) is 20.3 Å². The van der Waals surface area contributed by atoms with Crippen LogP contribution in [0.15, 0.2) is 10.6 Å². The van der Waals surface area contributed by atoms with Gasteiger partial charge in [0.2, 0.25) is 0 Å². The Morgan fingerprint density at radius 1 is 1.37 bits per heavy atom. The van der Waals surface area contributed by atoms with Crippen molar-refractivity contribution in [3.8, 4) is 10.6 Å². The van der Waals surface area contributed by atoms with Gasteiger partial charge in [0.25, 0.3) is 0 Å². The Hall–Kier alpha value is -1.24. The van der Waals surface area contributed by atoms with E-state index in [9.17, 15) is 0 Å². The molecule has 0 amide bonds. The van der Waals surface area contributed by atoms with Gasteiger partial charge in [0.1, 0.15) is 0 Å². The smallest absolute Gasteiger partial charge is 0.196 e. The third kappa shape index (κ3) is 3.86. The zero-order valence-corrected chi connectivity index (χ0v) is 12.3. The number of nitrogens with one attached hydrogen (secondary N) is 1. The van der Waals surface area contributed by atoms with E-state index in [-0.39, 0.29) is 0 Å². The minimum absolute atomic E-state index is 0.718. The lowest BCUT2D eigenvalue weighted by Crippen LogP contribution is -2.21. The van der Waals surface area contributed by atoms with Crippen molar-refractivity contribution in [2.24, 2.45) is 0 Å². The average Bonchev–Trinajstić information content (AvgIpc) is 2.95. The largest absolute Gasteiger partial charge is 0.440 e. The summed E-state index contributed by atoms with van der Waals surface area (Å²) in [4.78, 5) is 9.77. The zero-order chi connectivity index (χ0) is 13.7. The number of nitrogens with zero attached hydrogens (tertiary/aromatic N) is 2. The number of ether oxygens (including phenoxy) is 1. The Morgan fingerprint density at radius 2 is 2.21 bits per heavy atom. The Labute approximate surface area is 117 Å². The van der Waals surface area contributed by atoms with Crippen molar-refractivity contribution >= 4 is 11.3 Å². The normalized spacial score (nSPS) is 11.1. The number of thiazole rings is 1. The van der Waals surface area contributed by atoms with Gasteiger partial charge in [0, 0.05) is 26.6 Å². The molecule has 2 heterocycles. The summed E-state index contributed by atoms with van der Waals surface area (Å²) < 4.78 is 10.7. The number of hydrogen-bond acceptors (Lipinski definition) is 6. The van der Waals surface area contributed by atoms with Crippen LogP contribution in [0.25, 0.3) is 10.6 Å². The highest BCUT2D eigenvalue weighted by molar-refractivity contribution is 7.15. The van der Waals surface area contributed by atoms with Crippen LogP contribution in [-0.4, -0.2) is 36.8 Å². The molecule has 2 aromatic rings. The molecule has 19 heavy (non-hydrogen) atoms. The lowest BCUT2D eigenvalue weighted by molar-refractivity contribution is 0.199. The summed E-state index contributed by atoms with van der Waals surface area (Å²) in [5.74, 6) is 1.57. The molecule has 0 spiro atoms. The fraction of sp³-hybridized carbons (Fsp3) is 0.538. The first-order valence-corrected chi connectivity index (χ1v) is 7.11. The summed E-state index contributed by atoms with van der Waals surface area (Å²) in [7, 11) is 1.70. The van der Waals surface area contributed by atoms with Crippen molar-refractivity contribution in [3.63, 3.8) is 0 Å². The SMILES string of the molecule is COCCNCCc1ncc(-c2sc(C)nc2C)o1. The van der Waals surface area contributed by atoms with Gasteiger partial charge in [0.15, 0.2) is 11.7 Å². The predicted octanol–water partition coefficient (Wildman–Crippen LogP) is 2.19. The van der Waals surface area contributed by atoms with Gasteiger partial charge < -0.3 is 14.5 Å². The number of methoxy groups -OCH3 is 1. The molecule has 0 aliphatic heterocycles. The highest BCUT2D eigenvalue weighted by Gasteiger charge is 2.12. The van der Waals surface area contributed by atoms with Gasteiger partial charge in [-0.05, 0) is 13.8 Å². The first-order valence-electron chi connectivity index (χ1n) is 6.29. The predicted molar refractivity (Wildman–Crippen MR) is 75.5 cm³/mol. The van der Waals surface area contributed by atoms with Gasteiger partial charge in [-0.3, -0.25) is 0 Å². The molecular formula is C13H19N3O2S. The van der Waals surface area contributed by atoms with Crippen LogP contribution in [0.1, 0.15) is 16.6 Å². The second kappa shape index (κ2) is 6.79. The highest BCUT2D eigenvalue weighted by atomic mass is 32.1. The summed E-state index contributed by atoms with van der Waals surface area (Å²) in [6.45, 7) is 6.39. The average molecular weight is 281 g/mol. The molecule has 0 bridgehead atoms. The van der Waals surface area contributed by atoms with Gasteiger partial charge in [0.05, 0.1) is 28.4 Å². The third-order valence-electron chi connectivity index (χ3n) is 2.68. The van der Waals surface area contributed by atoms with Crippen molar-refractivity contribution in [2.75, 3.05) is 26.8 Å². The fourth-order valence-corrected chi connectivity index (χ4v) is 2.65. The fourth-order valence-electron chi connectivity index (χ4n) is 1.79. The minimum atomic E-state index is 0.718. The number of oxazole rings is 1. The molecule has 0 radical (unpaired) electrons. The molecule has 5 nitrogen and oxygen atoms in total. The molecule has 0 aliphatic rings. The van der Waals surface area contributed by atoms with E-state index in [4.69, 9.17) is 9.15 Å². The lowest BCUT2D eigenvalue weighted by atomic mass is 10.3. The van der Waals surface area contributed by atoms with E-state index >= 15 is 0 Å². The molecule has 0 atom stereocenters. The maximum Gasteiger partial charge on any atom is 0.196 e. The molecule has 104 valence electrons. The molecule has 2 aromatic heterocycles. The highest BCUT2D eigenvalue weighted by Crippen LogP contribution is 2.30. The molecule has 0 aliphatic carbocycles. The van der Waals surface area contributed by atoms with Crippen LogP contribution in [0, 0.1) is 13.8 Å². The number of hydrogen-bond donors (Lipinski definition) is 1. The third-order valence-corrected chi connectivity index (χ3v) is 3.77. The van der Waals surface area contributed by atoms with Crippen LogP contribution in [-0.2, 0) is 11.2 Å². The Kier molecular flexibility index (Phi) is 5.07. The van der Waals surface area contributed by atoms with Gasteiger partial charge in [-0.15, -0.1) is 11.3 Å². The van der Waals surface area contributed by atoms with Gasteiger partial charge in [-0.1, -0.05) is 0 Å². The molecule has 0 saturated heterocycles. The van der Waals surface area contributed by atoms with Crippen molar-refractivity contribution in [3.05, 3.63) is 22.8 Å². The van der Waals surface area contributed by atoms with Gasteiger partial charge >= 0.3 is 0 Å². The molecule has 0 aromatic carbocycles. The first kappa shape index (κ1) is 14.2. The minimum Gasteiger partial charge on any atom is -0.440 e.